The van der Waals surface area contributed by atoms with Crippen LogP contribution in [0.2, 0.25) is 0 Å². The molecule has 0 aromatic carbocycles. The molecular formula is C17H24N4OS2. The van der Waals surface area contributed by atoms with Gasteiger partial charge in [0.2, 0.25) is 0 Å². The van der Waals surface area contributed by atoms with Gasteiger partial charge in [-0.1, -0.05) is 13.8 Å². The number of hydrogen-bond acceptors (Lipinski definition) is 5. The topological polar surface area (TPSA) is 59.0 Å². The minimum atomic E-state index is -0.681. The summed E-state index contributed by atoms with van der Waals surface area (Å²) in [7, 11) is -0.681. The van der Waals surface area contributed by atoms with Crippen LogP contribution in [0.4, 0.5) is 0 Å². The maximum Gasteiger partial charge on any atom is 0.266 e. The van der Waals surface area contributed by atoms with Crippen LogP contribution >= 0.6 is 21.4 Å². The molecule has 24 heavy (non-hydrogen) atoms. The maximum absolute atomic E-state index is 12.8. The fourth-order valence-electron chi connectivity index (χ4n) is 2.93. The number of carbonyl (C=O) groups excluding carboxylic acids is 1. The van der Waals surface area contributed by atoms with Gasteiger partial charge in [-0.3, -0.25) is 14.8 Å². The Balaban J connectivity index is 1.85. The van der Waals surface area contributed by atoms with Crippen molar-refractivity contribution in [3.8, 4) is 10.7 Å². The van der Waals surface area contributed by atoms with Crippen LogP contribution in [0.15, 0.2) is 18.6 Å². The smallest absolute Gasteiger partial charge is 0.266 e. The van der Waals surface area contributed by atoms with Gasteiger partial charge in [-0.2, -0.15) is 0 Å². The third kappa shape index (κ3) is 3.62. The predicted molar refractivity (Wildman–Crippen MR) is 102 cm³/mol. The molecule has 0 bridgehead atoms. The van der Waals surface area contributed by atoms with Crippen LogP contribution in [-0.2, 0) is 0 Å². The van der Waals surface area contributed by atoms with E-state index in [1.165, 1.54) is 17.1 Å². The lowest BCUT2D eigenvalue weighted by molar-refractivity contribution is 0.0785. The van der Waals surface area contributed by atoms with Crippen LogP contribution in [0.1, 0.15) is 41.6 Å². The van der Waals surface area contributed by atoms with Gasteiger partial charge < -0.3 is 4.90 Å². The lowest BCUT2D eigenvalue weighted by atomic mass is 10.1. The van der Waals surface area contributed by atoms with E-state index in [2.05, 4.69) is 41.3 Å². The van der Waals surface area contributed by atoms with E-state index in [0.717, 1.165) is 35.2 Å². The Kier molecular flexibility index (Phi) is 4.92. The van der Waals surface area contributed by atoms with E-state index < -0.39 is 10.0 Å². The number of carbonyl (C=O) groups is 1. The summed E-state index contributed by atoms with van der Waals surface area (Å²) in [6.07, 6.45) is 10.8. The quantitative estimate of drug-likeness (QED) is 0.835. The van der Waals surface area contributed by atoms with Crippen molar-refractivity contribution in [2.75, 3.05) is 30.7 Å². The van der Waals surface area contributed by atoms with E-state index in [-0.39, 0.29) is 11.8 Å². The summed E-state index contributed by atoms with van der Waals surface area (Å²) in [5.41, 5.74) is 1.72. The molecule has 3 rings (SSSR count). The molecule has 0 unspecified atom stereocenters. The Morgan fingerprint density at radius 3 is 2.71 bits per heavy atom. The van der Waals surface area contributed by atoms with Gasteiger partial charge in [0.1, 0.15) is 15.6 Å². The Bertz CT molecular complexity index is 742. The summed E-state index contributed by atoms with van der Waals surface area (Å²) in [5.74, 6) is 2.51. The van der Waals surface area contributed by atoms with Crippen LogP contribution in [-0.4, -0.2) is 56.4 Å². The molecule has 1 saturated heterocycles. The minimum absolute atomic E-state index is 0.106. The van der Waals surface area contributed by atoms with Crippen molar-refractivity contribution in [2.45, 2.75) is 26.2 Å². The maximum atomic E-state index is 12.8. The molecule has 1 amide bonds. The Labute approximate surface area is 148 Å². The molecule has 3 heterocycles. The number of nitrogens with zero attached hydrogens (tertiary/aromatic N) is 4. The summed E-state index contributed by atoms with van der Waals surface area (Å²) in [6.45, 7) is 5.03. The summed E-state index contributed by atoms with van der Waals surface area (Å²) < 4.78 is 0. The Morgan fingerprint density at radius 2 is 2.00 bits per heavy atom. The van der Waals surface area contributed by atoms with Crippen molar-refractivity contribution < 1.29 is 4.79 Å². The largest absolute Gasteiger partial charge is 0.330 e. The van der Waals surface area contributed by atoms with Crippen LogP contribution in [0.5, 0.6) is 0 Å². The second kappa shape index (κ2) is 6.80. The van der Waals surface area contributed by atoms with Gasteiger partial charge in [-0.05, 0) is 30.6 Å². The van der Waals surface area contributed by atoms with E-state index in [0.29, 0.717) is 4.88 Å². The average molecular weight is 365 g/mol. The molecule has 1 aliphatic rings. The Hall–Kier alpha value is -1.47. The first-order valence-corrected chi connectivity index (χ1v) is 11.7. The molecule has 130 valence electrons. The van der Waals surface area contributed by atoms with E-state index >= 15 is 0 Å². The van der Waals surface area contributed by atoms with E-state index in [9.17, 15) is 4.79 Å². The SMILES string of the molecule is CC(C)c1nccnc1-c1ncc(C(=O)N2CCCS(C)(C)C2)s1. The standard InChI is InChI=1S/C17H24N4OS2/c1-12(2)14-15(19-7-6-18-14)16-20-10-13(23-16)17(22)21-8-5-9-24(3,4)11-21/h6-7,10,12H,5,8-9,11H2,1-4H3. The van der Waals surface area contributed by atoms with Gasteiger partial charge in [-0.25, -0.2) is 15.0 Å². The first-order valence-electron chi connectivity index (χ1n) is 8.12. The molecule has 1 aliphatic heterocycles. The van der Waals surface area contributed by atoms with Gasteiger partial charge in [0.05, 0.1) is 17.8 Å². The molecule has 1 fully saturated rings. The number of thiazole rings is 1. The number of aromatic nitrogens is 3. The van der Waals surface area contributed by atoms with Crippen LogP contribution in [0.3, 0.4) is 0 Å². The predicted octanol–water partition coefficient (Wildman–Crippen LogP) is 3.59. The minimum Gasteiger partial charge on any atom is -0.330 e. The highest BCUT2D eigenvalue weighted by Crippen LogP contribution is 2.44. The fourth-order valence-corrected chi connectivity index (χ4v) is 5.95. The summed E-state index contributed by atoms with van der Waals surface area (Å²) >= 11 is 1.42. The first kappa shape index (κ1) is 17.4. The average Bonchev–Trinajstić information content (AvgIpc) is 3.03. The highest BCUT2D eigenvalue weighted by Gasteiger charge is 2.28. The van der Waals surface area contributed by atoms with Crippen molar-refractivity contribution in [1.82, 2.24) is 19.9 Å². The zero-order chi connectivity index (χ0) is 17.3. The van der Waals surface area contributed by atoms with Crippen LogP contribution < -0.4 is 0 Å². The number of amides is 1. The van der Waals surface area contributed by atoms with Crippen molar-refractivity contribution in [2.24, 2.45) is 0 Å². The fraction of sp³-hybridized carbons (Fsp3) is 0.529. The third-order valence-electron chi connectivity index (χ3n) is 4.11. The summed E-state index contributed by atoms with van der Waals surface area (Å²) in [6, 6.07) is 0. The first-order chi connectivity index (χ1) is 11.4. The third-order valence-corrected chi connectivity index (χ3v) is 7.51. The second-order valence-electron chi connectivity index (χ2n) is 7.00. The molecule has 7 heteroatoms. The van der Waals surface area contributed by atoms with Crippen molar-refractivity contribution >= 4 is 27.3 Å². The Morgan fingerprint density at radius 1 is 1.25 bits per heavy atom. The van der Waals surface area contributed by atoms with Gasteiger partial charge >= 0.3 is 0 Å². The summed E-state index contributed by atoms with van der Waals surface area (Å²) in [5, 5.41) is 0.777. The molecule has 0 atom stereocenters. The van der Waals surface area contributed by atoms with Gasteiger partial charge in [0.15, 0.2) is 0 Å². The normalized spacial score (nSPS) is 18.6. The van der Waals surface area contributed by atoms with Gasteiger partial charge in [0, 0.05) is 18.9 Å². The molecule has 2 aromatic heterocycles. The summed E-state index contributed by atoms with van der Waals surface area (Å²) in [4.78, 5) is 28.8. The van der Waals surface area contributed by atoms with Crippen molar-refractivity contribution in [3.05, 3.63) is 29.2 Å². The molecule has 5 nitrogen and oxygen atoms in total. The van der Waals surface area contributed by atoms with Crippen LogP contribution in [0, 0.1) is 0 Å². The second-order valence-corrected chi connectivity index (χ2v) is 12.2. The van der Waals surface area contributed by atoms with Gasteiger partial charge in [-0.15, -0.1) is 11.3 Å². The molecule has 0 saturated carbocycles. The zero-order valence-electron chi connectivity index (χ0n) is 14.7. The molecule has 0 aliphatic carbocycles. The molecule has 0 spiro atoms. The monoisotopic (exact) mass is 364 g/mol. The number of rotatable bonds is 3. The van der Waals surface area contributed by atoms with Crippen molar-refractivity contribution in [3.63, 3.8) is 0 Å². The lowest BCUT2D eigenvalue weighted by Crippen LogP contribution is -2.39. The molecule has 0 radical (unpaired) electrons. The van der Waals surface area contributed by atoms with E-state index in [4.69, 9.17) is 0 Å². The van der Waals surface area contributed by atoms with Gasteiger partial charge in [0.25, 0.3) is 5.91 Å². The van der Waals surface area contributed by atoms with Crippen molar-refractivity contribution in [1.29, 1.82) is 0 Å². The molecule has 0 N–H and O–H groups in total. The zero-order valence-corrected chi connectivity index (χ0v) is 16.3. The molecular weight excluding hydrogens is 340 g/mol. The highest BCUT2D eigenvalue weighted by molar-refractivity contribution is 8.32. The highest BCUT2D eigenvalue weighted by atomic mass is 32.3. The van der Waals surface area contributed by atoms with E-state index in [1.54, 1.807) is 18.6 Å². The molecule has 2 aromatic rings. The number of hydrogen-bond donors (Lipinski definition) is 0. The van der Waals surface area contributed by atoms with Crippen LogP contribution in [0.25, 0.3) is 10.7 Å². The van der Waals surface area contributed by atoms with E-state index in [1.807, 2.05) is 4.90 Å². The lowest BCUT2D eigenvalue weighted by Gasteiger charge is -2.41.